The van der Waals surface area contributed by atoms with Gasteiger partial charge >= 0.3 is 0 Å². The first-order valence-corrected chi connectivity index (χ1v) is 7.52. The number of alkyl halides is 1. The number of hydrogen-bond acceptors (Lipinski definition) is 2. The molecule has 1 aliphatic heterocycles. The molecule has 1 saturated heterocycles. The van der Waals surface area contributed by atoms with Crippen LogP contribution in [-0.2, 0) is 3.55 Å². The number of nitrogens with zero attached hydrogens (tertiary/aromatic N) is 1. The van der Waals surface area contributed by atoms with Gasteiger partial charge in [0.05, 0.1) is 6.10 Å². The molecule has 0 atom stereocenters. The van der Waals surface area contributed by atoms with Gasteiger partial charge in [-0.05, 0) is 11.1 Å². The summed E-state index contributed by atoms with van der Waals surface area (Å²) in [4.78, 5) is 2.32. The van der Waals surface area contributed by atoms with Gasteiger partial charge in [-0.3, -0.25) is 4.90 Å². The lowest BCUT2D eigenvalue weighted by Gasteiger charge is -2.48. The number of hydrogen-bond donors (Lipinski definition) is 1. The maximum Gasteiger partial charge on any atom is 0.124 e. The van der Waals surface area contributed by atoms with Gasteiger partial charge in [-0.25, -0.2) is 0 Å². The lowest BCUT2D eigenvalue weighted by molar-refractivity contribution is -0.0213. The molecule has 0 unspecified atom stereocenters. The molecule has 0 bridgehead atoms. The van der Waals surface area contributed by atoms with Crippen LogP contribution in [0.25, 0.3) is 0 Å². The van der Waals surface area contributed by atoms with Crippen molar-refractivity contribution in [1.29, 1.82) is 0 Å². The molecule has 1 aliphatic rings. The van der Waals surface area contributed by atoms with Gasteiger partial charge in [-0.15, -0.1) is 12.4 Å². The Hall–Kier alpha value is -0.620. The lowest BCUT2D eigenvalue weighted by Crippen LogP contribution is -2.58. The lowest BCUT2D eigenvalue weighted by atomic mass is 9.94. The highest BCUT2D eigenvalue weighted by atomic mass is 127. The van der Waals surface area contributed by atoms with E-state index < -0.39 is 0 Å². The van der Waals surface area contributed by atoms with Gasteiger partial charge in [0, 0.05) is 13.1 Å². The molecule has 0 aliphatic carbocycles. The first-order valence-electron chi connectivity index (χ1n) is 6.44. The zero-order chi connectivity index (χ0) is 13.3. The van der Waals surface area contributed by atoms with Crippen LogP contribution < -0.4 is 0 Å². The number of β-amino-alcohol motifs (C(OH)–C–C–N with tert-alkyl or cyclic N) is 1. The van der Waals surface area contributed by atoms with Crippen molar-refractivity contribution < 1.29 is 5.11 Å². The fraction of sp³-hybridized carbons (Fsp3) is 0.250. The second kappa shape index (κ2) is 6.43. The molecule has 2 aromatic rings. The molecule has 20 heavy (non-hydrogen) atoms. The van der Waals surface area contributed by atoms with Crippen molar-refractivity contribution in [3.05, 3.63) is 71.8 Å². The van der Waals surface area contributed by atoms with E-state index in [-0.39, 0.29) is 22.1 Å². The van der Waals surface area contributed by atoms with Gasteiger partial charge in [-0.2, -0.15) is 0 Å². The largest absolute Gasteiger partial charge is 0.390 e. The van der Waals surface area contributed by atoms with Gasteiger partial charge in [0.2, 0.25) is 0 Å². The van der Waals surface area contributed by atoms with Crippen LogP contribution in [0.2, 0.25) is 0 Å². The Kier molecular flexibility index (Phi) is 5.07. The fourth-order valence-corrected chi connectivity index (χ4v) is 3.67. The number of likely N-dealkylation sites (tertiary alicyclic amines) is 1. The molecular weight excluding hydrogens is 385 g/mol. The van der Waals surface area contributed by atoms with Crippen molar-refractivity contribution in [2.24, 2.45) is 0 Å². The van der Waals surface area contributed by atoms with Crippen molar-refractivity contribution in [3.63, 3.8) is 0 Å². The fourth-order valence-electron chi connectivity index (χ4n) is 2.56. The Bertz CT molecular complexity index is 503. The number of benzene rings is 2. The first-order chi connectivity index (χ1) is 9.21. The highest BCUT2D eigenvalue weighted by Gasteiger charge is 2.43. The van der Waals surface area contributed by atoms with Crippen molar-refractivity contribution in [2.75, 3.05) is 13.1 Å². The van der Waals surface area contributed by atoms with E-state index in [0.717, 1.165) is 13.1 Å². The first kappa shape index (κ1) is 15.8. The van der Waals surface area contributed by atoms with Crippen molar-refractivity contribution >= 4 is 35.0 Å². The smallest absolute Gasteiger partial charge is 0.124 e. The minimum Gasteiger partial charge on any atom is -0.390 e. The number of aliphatic hydroxyl groups is 1. The Balaban J connectivity index is 0.00000147. The molecule has 1 heterocycles. The molecule has 106 valence electrons. The average molecular weight is 402 g/mol. The summed E-state index contributed by atoms with van der Waals surface area (Å²) in [7, 11) is 0. The molecule has 0 radical (unpaired) electrons. The average Bonchev–Trinajstić information content (AvgIpc) is 2.45. The van der Waals surface area contributed by atoms with E-state index in [1.165, 1.54) is 11.1 Å². The maximum atomic E-state index is 9.63. The highest BCUT2D eigenvalue weighted by Crippen LogP contribution is 2.44. The normalized spacial score (nSPS) is 16.3. The van der Waals surface area contributed by atoms with E-state index in [1.54, 1.807) is 0 Å². The van der Waals surface area contributed by atoms with Crippen LogP contribution >= 0.6 is 35.0 Å². The zero-order valence-electron chi connectivity index (χ0n) is 10.9. The third kappa shape index (κ3) is 2.72. The van der Waals surface area contributed by atoms with Gasteiger partial charge in [-0.1, -0.05) is 83.3 Å². The van der Waals surface area contributed by atoms with Crippen LogP contribution in [0.3, 0.4) is 0 Å². The molecule has 1 fully saturated rings. The van der Waals surface area contributed by atoms with E-state index in [9.17, 15) is 5.11 Å². The Morgan fingerprint density at radius 3 is 1.65 bits per heavy atom. The Morgan fingerprint density at radius 1 is 0.900 bits per heavy atom. The highest BCUT2D eigenvalue weighted by molar-refractivity contribution is 14.1. The molecule has 1 N–H and O–H groups in total. The van der Waals surface area contributed by atoms with Crippen LogP contribution in [0.1, 0.15) is 11.1 Å². The number of aliphatic hydroxyl groups excluding tert-OH is 1. The maximum absolute atomic E-state index is 9.63. The molecule has 2 aromatic carbocycles. The Labute approximate surface area is 139 Å². The molecule has 0 aromatic heterocycles. The van der Waals surface area contributed by atoms with Gasteiger partial charge in [0.15, 0.2) is 0 Å². The third-order valence-corrected chi connectivity index (χ3v) is 5.54. The van der Waals surface area contributed by atoms with Gasteiger partial charge in [0.25, 0.3) is 0 Å². The molecule has 3 rings (SSSR count). The summed E-state index contributed by atoms with van der Waals surface area (Å²) in [6.45, 7) is 1.46. The summed E-state index contributed by atoms with van der Waals surface area (Å²) in [6, 6.07) is 21.0. The summed E-state index contributed by atoms with van der Waals surface area (Å²) < 4.78 is -0.195. The summed E-state index contributed by atoms with van der Waals surface area (Å²) in [5.41, 5.74) is 2.52. The van der Waals surface area contributed by atoms with E-state index in [2.05, 4.69) is 76.0 Å². The van der Waals surface area contributed by atoms with Crippen LogP contribution in [0, 0.1) is 0 Å². The van der Waals surface area contributed by atoms with Gasteiger partial charge in [0.1, 0.15) is 3.55 Å². The van der Waals surface area contributed by atoms with E-state index in [1.807, 2.05) is 12.1 Å². The van der Waals surface area contributed by atoms with Crippen molar-refractivity contribution in [3.8, 4) is 0 Å². The van der Waals surface area contributed by atoms with Crippen molar-refractivity contribution in [2.45, 2.75) is 9.65 Å². The van der Waals surface area contributed by atoms with Crippen LogP contribution in [0.15, 0.2) is 60.7 Å². The number of rotatable bonds is 3. The molecule has 0 spiro atoms. The van der Waals surface area contributed by atoms with Crippen molar-refractivity contribution in [1.82, 2.24) is 4.90 Å². The Morgan fingerprint density at radius 2 is 1.30 bits per heavy atom. The van der Waals surface area contributed by atoms with E-state index in [4.69, 9.17) is 0 Å². The topological polar surface area (TPSA) is 23.5 Å². The molecular formula is C16H17ClINO. The summed E-state index contributed by atoms with van der Waals surface area (Å²) >= 11 is 2.51. The quantitative estimate of drug-likeness (QED) is 0.484. The second-order valence-electron chi connectivity index (χ2n) is 4.91. The SMILES string of the molecule is Cl.OC1CN(C(I)(c2ccccc2)c2ccccc2)C1. The molecule has 4 heteroatoms. The minimum absolute atomic E-state index is 0. The monoisotopic (exact) mass is 401 g/mol. The molecule has 2 nitrogen and oxygen atoms in total. The molecule has 0 saturated carbocycles. The summed E-state index contributed by atoms with van der Waals surface area (Å²) in [5, 5.41) is 9.63. The van der Waals surface area contributed by atoms with E-state index >= 15 is 0 Å². The minimum atomic E-state index is -0.195. The second-order valence-corrected chi connectivity index (χ2v) is 6.47. The third-order valence-electron chi connectivity index (χ3n) is 3.61. The van der Waals surface area contributed by atoms with Crippen LogP contribution in [0.4, 0.5) is 0 Å². The standard InChI is InChI=1S/C16H16INO.ClH/c17-16(18-11-15(19)12-18,13-7-3-1-4-8-13)14-9-5-2-6-10-14;/h1-10,15,19H,11-12H2;1H. The van der Waals surface area contributed by atoms with Crippen LogP contribution in [-0.4, -0.2) is 29.2 Å². The predicted octanol–water partition coefficient (Wildman–Crippen LogP) is 3.42. The summed E-state index contributed by atoms with van der Waals surface area (Å²) in [6.07, 6.45) is -0.193. The molecule has 0 amide bonds. The van der Waals surface area contributed by atoms with Crippen LogP contribution in [0.5, 0.6) is 0 Å². The number of halogens is 2. The predicted molar refractivity (Wildman–Crippen MR) is 92.5 cm³/mol. The summed E-state index contributed by atoms with van der Waals surface area (Å²) in [5.74, 6) is 0. The zero-order valence-corrected chi connectivity index (χ0v) is 13.9. The van der Waals surface area contributed by atoms with Gasteiger partial charge < -0.3 is 5.11 Å². The van der Waals surface area contributed by atoms with E-state index in [0.29, 0.717) is 0 Å².